The highest BCUT2D eigenvalue weighted by molar-refractivity contribution is 5.15. The van der Waals surface area contributed by atoms with Crippen LogP contribution >= 0.6 is 0 Å². The van der Waals surface area contributed by atoms with Gasteiger partial charge in [0, 0.05) is 17.4 Å². The van der Waals surface area contributed by atoms with E-state index in [0.717, 1.165) is 41.8 Å². The molecule has 0 unspecified atom stereocenters. The Morgan fingerprint density at radius 1 is 0.947 bits per heavy atom. The van der Waals surface area contributed by atoms with Crippen molar-refractivity contribution in [3.63, 3.8) is 0 Å². The summed E-state index contributed by atoms with van der Waals surface area (Å²) < 4.78 is 13.7. The average molecular weight is 260 g/mol. The van der Waals surface area contributed by atoms with Crippen LogP contribution in [0.25, 0.3) is 0 Å². The first-order chi connectivity index (χ1) is 9.29. The quantitative estimate of drug-likeness (QED) is 0.860. The Balaban J connectivity index is 1.45. The summed E-state index contributed by atoms with van der Waals surface area (Å²) in [6.45, 7) is 0.819. The van der Waals surface area contributed by atoms with Gasteiger partial charge in [-0.15, -0.1) is 0 Å². The van der Waals surface area contributed by atoms with Crippen molar-refractivity contribution in [2.45, 2.75) is 44.7 Å². The van der Waals surface area contributed by atoms with Crippen LogP contribution in [0.1, 0.15) is 37.7 Å². The van der Waals surface area contributed by atoms with Crippen LogP contribution in [0.2, 0.25) is 0 Å². The molecule has 2 heteroatoms. The minimum atomic E-state index is -0.0393. The Kier molecular flexibility index (Phi) is 2.87. The van der Waals surface area contributed by atoms with Crippen LogP contribution in [0.4, 0.5) is 4.39 Å². The Morgan fingerprint density at radius 3 is 2.21 bits per heavy atom. The van der Waals surface area contributed by atoms with Gasteiger partial charge in [-0.05, 0) is 50.0 Å². The van der Waals surface area contributed by atoms with E-state index in [1.54, 1.807) is 12.1 Å². The van der Waals surface area contributed by atoms with E-state index >= 15 is 0 Å². The summed E-state index contributed by atoms with van der Waals surface area (Å²) in [6.07, 6.45) is 7.31. The van der Waals surface area contributed by atoms with Crippen molar-refractivity contribution >= 4 is 0 Å². The van der Waals surface area contributed by atoms with Gasteiger partial charge in [-0.3, -0.25) is 0 Å². The topological polar surface area (TPSA) is 16.6 Å². The van der Waals surface area contributed by atoms with Gasteiger partial charge in [0.25, 0.3) is 0 Å². The third-order valence-electron chi connectivity index (χ3n) is 5.87. The van der Waals surface area contributed by atoms with E-state index in [0.29, 0.717) is 0 Å². The van der Waals surface area contributed by atoms with Crippen molar-refractivity contribution < 1.29 is 9.71 Å². The zero-order valence-electron chi connectivity index (χ0n) is 11.4. The van der Waals surface area contributed by atoms with Gasteiger partial charge in [0.15, 0.2) is 0 Å². The molecule has 0 radical (unpaired) electrons. The van der Waals surface area contributed by atoms with Crippen molar-refractivity contribution in [3.8, 4) is 0 Å². The third-order valence-corrected chi connectivity index (χ3v) is 5.87. The first kappa shape index (κ1) is 11.9. The molecule has 4 aliphatic rings. The summed E-state index contributed by atoms with van der Waals surface area (Å²) in [5, 5.41) is 2.45. The molecule has 0 aromatic heterocycles. The second-order valence-corrected chi connectivity index (χ2v) is 7.04. The molecular formula is C17H23FN+. The maximum Gasteiger partial charge on any atom is 0.132 e. The fraction of sp³-hybridized carbons (Fsp3) is 0.647. The van der Waals surface area contributed by atoms with E-state index in [1.165, 1.54) is 32.1 Å². The summed E-state index contributed by atoms with van der Waals surface area (Å²) in [4.78, 5) is 0. The molecule has 5 rings (SSSR count). The number of quaternary nitrogens is 1. The summed E-state index contributed by atoms with van der Waals surface area (Å²) in [6, 6.07) is 8.01. The summed E-state index contributed by atoms with van der Waals surface area (Å²) in [5.74, 6) is 3.86. The Hall–Kier alpha value is -0.890. The second-order valence-electron chi connectivity index (χ2n) is 7.04. The highest BCUT2D eigenvalue weighted by Crippen LogP contribution is 2.52. The Morgan fingerprint density at radius 2 is 1.58 bits per heavy atom. The first-order valence-corrected chi connectivity index (χ1v) is 7.86. The predicted octanol–water partition coefficient (Wildman–Crippen LogP) is 2.71. The SMILES string of the molecule is Fc1ccccc1C[NH2+]C1C2CC3CC(C2)CC1C3. The van der Waals surface area contributed by atoms with Crippen LogP contribution in [0.15, 0.2) is 24.3 Å². The lowest BCUT2D eigenvalue weighted by molar-refractivity contribution is -0.723. The van der Waals surface area contributed by atoms with E-state index in [-0.39, 0.29) is 5.82 Å². The van der Waals surface area contributed by atoms with E-state index in [2.05, 4.69) is 5.32 Å². The van der Waals surface area contributed by atoms with E-state index < -0.39 is 0 Å². The zero-order chi connectivity index (χ0) is 12.8. The first-order valence-electron chi connectivity index (χ1n) is 7.86. The average Bonchev–Trinajstić information content (AvgIpc) is 2.39. The number of hydrogen-bond acceptors (Lipinski definition) is 0. The molecule has 0 saturated heterocycles. The maximum absolute atomic E-state index is 13.7. The zero-order valence-corrected chi connectivity index (χ0v) is 11.4. The maximum atomic E-state index is 13.7. The molecule has 0 amide bonds. The minimum absolute atomic E-state index is 0.0393. The van der Waals surface area contributed by atoms with Gasteiger partial charge in [-0.1, -0.05) is 18.2 Å². The van der Waals surface area contributed by atoms with Gasteiger partial charge in [-0.25, -0.2) is 4.39 Å². The molecule has 0 atom stereocenters. The van der Waals surface area contributed by atoms with Crippen molar-refractivity contribution in [1.82, 2.24) is 0 Å². The Labute approximate surface area is 114 Å². The molecule has 1 aromatic rings. The van der Waals surface area contributed by atoms with E-state index in [1.807, 2.05) is 12.1 Å². The molecule has 4 fully saturated rings. The van der Waals surface area contributed by atoms with Gasteiger partial charge in [0.1, 0.15) is 12.4 Å². The van der Waals surface area contributed by atoms with Crippen molar-refractivity contribution in [2.24, 2.45) is 23.7 Å². The van der Waals surface area contributed by atoms with Crippen LogP contribution in [-0.4, -0.2) is 6.04 Å². The summed E-state index contributed by atoms with van der Waals surface area (Å²) in [5.41, 5.74) is 0.872. The Bertz CT molecular complexity index is 442. The molecule has 102 valence electrons. The fourth-order valence-corrected chi connectivity index (χ4v) is 5.28. The highest BCUT2D eigenvalue weighted by Gasteiger charge is 2.50. The van der Waals surface area contributed by atoms with Crippen molar-refractivity contribution in [3.05, 3.63) is 35.6 Å². The van der Waals surface area contributed by atoms with Crippen LogP contribution in [0.5, 0.6) is 0 Å². The molecule has 4 saturated carbocycles. The monoisotopic (exact) mass is 260 g/mol. The van der Waals surface area contributed by atoms with Crippen LogP contribution < -0.4 is 5.32 Å². The molecule has 0 aliphatic heterocycles. The van der Waals surface area contributed by atoms with E-state index in [4.69, 9.17) is 0 Å². The van der Waals surface area contributed by atoms with Gasteiger partial charge in [-0.2, -0.15) is 0 Å². The summed E-state index contributed by atoms with van der Waals surface area (Å²) in [7, 11) is 0. The number of nitrogens with two attached hydrogens (primary N) is 1. The number of hydrogen-bond donors (Lipinski definition) is 1. The van der Waals surface area contributed by atoms with Gasteiger partial charge in [0.05, 0.1) is 6.04 Å². The van der Waals surface area contributed by atoms with Crippen LogP contribution in [0.3, 0.4) is 0 Å². The molecule has 0 heterocycles. The predicted molar refractivity (Wildman–Crippen MR) is 72.9 cm³/mol. The lowest BCUT2D eigenvalue weighted by Crippen LogP contribution is -2.93. The van der Waals surface area contributed by atoms with Crippen LogP contribution in [0, 0.1) is 29.5 Å². The molecule has 1 nitrogen and oxygen atoms in total. The van der Waals surface area contributed by atoms with Crippen molar-refractivity contribution in [1.29, 1.82) is 0 Å². The highest BCUT2D eigenvalue weighted by atomic mass is 19.1. The van der Waals surface area contributed by atoms with Gasteiger partial charge >= 0.3 is 0 Å². The smallest absolute Gasteiger partial charge is 0.132 e. The van der Waals surface area contributed by atoms with Gasteiger partial charge < -0.3 is 5.32 Å². The molecule has 4 bridgehead atoms. The largest absolute Gasteiger partial charge is 0.340 e. The minimum Gasteiger partial charge on any atom is -0.340 e. The molecule has 4 aliphatic carbocycles. The third kappa shape index (κ3) is 2.10. The standard InChI is InChI=1S/C17H22FN/c18-16-4-2-1-3-13(16)10-19-17-14-6-11-5-12(8-14)9-15(17)7-11/h1-4,11-12,14-15,17,19H,5-10H2/p+1. The lowest BCUT2D eigenvalue weighted by atomic mass is 9.54. The fourth-order valence-electron chi connectivity index (χ4n) is 5.28. The second kappa shape index (κ2) is 4.59. The lowest BCUT2D eigenvalue weighted by Gasteiger charge is -2.52. The van der Waals surface area contributed by atoms with Crippen molar-refractivity contribution in [2.75, 3.05) is 0 Å². The van der Waals surface area contributed by atoms with E-state index in [9.17, 15) is 4.39 Å². The molecule has 2 N–H and O–H groups in total. The molecule has 0 spiro atoms. The molecular weight excluding hydrogens is 237 g/mol. The number of halogens is 1. The number of rotatable bonds is 3. The number of benzene rings is 1. The molecule has 19 heavy (non-hydrogen) atoms. The normalized spacial score (nSPS) is 39.7. The van der Waals surface area contributed by atoms with Gasteiger partial charge in [0.2, 0.25) is 0 Å². The molecule has 1 aromatic carbocycles. The van der Waals surface area contributed by atoms with Crippen LogP contribution in [-0.2, 0) is 6.54 Å². The summed E-state index contributed by atoms with van der Waals surface area (Å²) >= 11 is 0.